The first kappa shape index (κ1) is 31.4. The predicted octanol–water partition coefficient (Wildman–Crippen LogP) is 5.31. The molecule has 2 amide bonds. The summed E-state index contributed by atoms with van der Waals surface area (Å²) in [5.41, 5.74) is 2.42. The number of hydrogen-bond acceptors (Lipinski definition) is 5. The maximum atomic E-state index is 13.5. The molecule has 1 aromatic heterocycles. The van der Waals surface area contributed by atoms with E-state index in [4.69, 9.17) is 4.74 Å². The number of amides is 2. The number of hydrogen-bond donors (Lipinski definition) is 1. The van der Waals surface area contributed by atoms with Gasteiger partial charge in [0, 0.05) is 25.8 Å². The average molecular weight is 586 g/mol. The Bertz CT molecular complexity index is 1220. The summed E-state index contributed by atoms with van der Waals surface area (Å²) >= 11 is 0. The van der Waals surface area contributed by atoms with Crippen molar-refractivity contribution < 1.29 is 14.3 Å². The maximum Gasteiger partial charge on any atom is 0.270 e. The molecule has 2 saturated heterocycles. The summed E-state index contributed by atoms with van der Waals surface area (Å²) < 4.78 is 5.25. The number of ether oxygens (including phenoxy) is 1. The molecular formula is C31H38Cl2N4O3. The summed E-state index contributed by atoms with van der Waals surface area (Å²) in [6, 6.07) is 23.4. The number of likely N-dealkylation sites (tertiary alicyclic amines) is 2. The van der Waals surface area contributed by atoms with Gasteiger partial charge in [0.1, 0.15) is 11.4 Å². The first-order valence-electron chi connectivity index (χ1n) is 13.5. The zero-order valence-electron chi connectivity index (χ0n) is 22.8. The van der Waals surface area contributed by atoms with Crippen molar-refractivity contribution in [3.63, 3.8) is 0 Å². The first-order valence-corrected chi connectivity index (χ1v) is 13.5. The number of pyridine rings is 1. The van der Waals surface area contributed by atoms with Crippen LogP contribution >= 0.6 is 24.8 Å². The molecular weight excluding hydrogens is 547 g/mol. The molecule has 7 nitrogen and oxygen atoms in total. The van der Waals surface area contributed by atoms with Crippen molar-refractivity contribution in [2.75, 3.05) is 33.3 Å². The first-order chi connectivity index (χ1) is 18.6. The van der Waals surface area contributed by atoms with E-state index in [-0.39, 0.29) is 42.2 Å². The Hall–Kier alpha value is -3.13. The van der Waals surface area contributed by atoms with Gasteiger partial charge in [-0.25, -0.2) is 0 Å². The molecule has 0 aliphatic carbocycles. The molecule has 1 atom stereocenters. The Balaban J connectivity index is 0.00000220. The fraction of sp³-hybridized carbons (Fsp3) is 0.387. The molecule has 214 valence electrons. The fourth-order valence-electron chi connectivity index (χ4n) is 5.71. The molecule has 1 N–H and O–H groups in total. The lowest BCUT2D eigenvalue weighted by molar-refractivity contribution is -0.138. The van der Waals surface area contributed by atoms with Crippen LogP contribution in [0.15, 0.2) is 79.0 Å². The summed E-state index contributed by atoms with van der Waals surface area (Å²) in [7, 11) is 1.66. The van der Waals surface area contributed by atoms with Crippen LogP contribution in [0.4, 0.5) is 0 Å². The summed E-state index contributed by atoms with van der Waals surface area (Å²) in [6.07, 6.45) is 5.15. The number of carbonyl (C=O) groups is 2. The van der Waals surface area contributed by atoms with Gasteiger partial charge in [-0.05, 0) is 74.2 Å². The smallest absolute Gasteiger partial charge is 0.270 e. The number of methoxy groups -OCH3 is 1. The maximum absolute atomic E-state index is 13.5. The highest BCUT2D eigenvalue weighted by molar-refractivity contribution is 5.92. The monoisotopic (exact) mass is 584 g/mol. The van der Waals surface area contributed by atoms with Gasteiger partial charge in [-0.3, -0.25) is 14.6 Å². The van der Waals surface area contributed by atoms with E-state index >= 15 is 0 Å². The molecule has 0 bridgehead atoms. The predicted molar refractivity (Wildman–Crippen MR) is 161 cm³/mol. The van der Waals surface area contributed by atoms with E-state index in [1.807, 2.05) is 59.5 Å². The average Bonchev–Trinajstić information content (AvgIpc) is 3.27. The lowest BCUT2D eigenvalue weighted by atomic mass is 9.77. The van der Waals surface area contributed by atoms with Crippen molar-refractivity contribution in [2.24, 2.45) is 5.41 Å². The van der Waals surface area contributed by atoms with E-state index in [0.717, 1.165) is 68.7 Å². The van der Waals surface area contributed by atoms with Crippen LogP contribution in [0.5, 0.6) is 5.75 Å². The fourth-order valence-corrected chi connectivity index (χ4v) is 5.71. The topological polar surface area (TPSA) is 74.8 Å². The van der Waals surface area contributed by atoms with Crippen LogP contribution in [0.3, 0.4) is 0 Å². The number of piperidine rings is 1. The van der Waals surface area contributed by atoms with Gasteiger partial charge in [-0.1, -0.05) is 48.5 Å². The van der Waals surface area contributed by atoms with E-state index < -0.39 is 0 Å². The summed E-state index contributed by atoms with van der Waals surface area (Å²) in [5.74, 6) is 0.972. The van der Waals surface area contributed by atoms with Gasteiger partial charge in [-0.15, -0.1) is 24.8 Å². The minimum atomic E-state index is -0.227. The zero-order valence-corrected chi connectivity index (χ0v) is 24.5. The molecule has 3 aromatic rings. The van der Waals surface area contributed by atoms with Crippen molar-refractivity contribution >= 4 is 36.6 Å². The second-order valence-corrected chi connectivity index (χ2v) is 10.4. The van der Waals surface area contributed by atoms with Gasteiger partial charge in [0.25, 0.3) is 5.91 Å². The van der Waals surface area contributed by atoms with E-state index in [1.165, 1.54) is 0 Å². The molecule has 2 aliphatic rings. The third kappa shape index (κ3) is 7.33. The van der Waals surface area contributed by atoms with Crippen LogP contribution in [0.1, 0.15) is 53.3 Å². The number of aromatic nitrogens is 1. The standard InChI is InChI=1S/C31H36N4O3.2ClH/c1-38-26-12-10-24(11-13-26)23-35-22-17-31(30(35)37)15-20-34(21-16-31)19-14-27(25-7-3-2-4-8-25)33-29(36)28-9-5-6-18-32-28;;/h2-13,18,27H,14-17,19-23H2,1H3,(H,33,36);2*1H. The van der Waals surface area contributed by atoms with Crippen LogP contribution in [0.25, 0.3) is 0 Å². The number of nitrogens with one attached hydrogen (secondary N) is 1. The van der Waals surface area contributed by atoms with Crippen LogP contribution < -0.4 is 10.1 Å². The molecule has 1 spiro atoms. The molecule has 0 radical (unpaired) electrons. The molecule has 40 heavy (non-hydrogen) atoms. The summed E-state index contributed by atoms with van der Waals surface area (Å²) in [5, 5.41) is 3.18. The van der Waals surface area contributed by atoms with Crippen molar-refractivity contribution in [3.05, 3.63) is 95.8 Å². The SMILES string of the molecule is COc1ccc(CN2CCC3(CCN(CCC(NC(=O)c4ccccn4)c4ccccc4)CC3)C2=O)cc1.Cl.Cl. The Kier molecular flexibility index (Phi) is 11.4. The Morgan fingerprint density at radius 1 is 0.950 bits per heavy atom. The highest BCUT2D eigenvalue weighted by atomic mass is 35.5. The molecule has 1 unspecified atom stereocenters. The lowest BCUT2D eigenvalue weighted by Crippen LogP contribution is -2.45. The Morgan fingerprint density at radius 2 is 1.62 bits per heavy atom. The van der Waals surface area contributed by atoms with E-state index in [9.17, 15) is 9.59 Å². The van der Waals surface area contributed by atoms with E-state index in [2.05, 4.69) is 27.3 Å². The summed E-state index contributed by atoms with van der Waals surface area (Å²) in [4.78, 5) is 35.0. The van der Waals surface area contributed by atoms with Crippen LogP contribution in [-0.2, 0) is 11.3 Å². The van der Waals surface area contributed by atoms with E-state index in [1.54, 1.807) is 19.4 Å². The summed E-state index contributed by atoms with van der Waals surface area (Å²) in [6.45, 7) is 4.14. The molecule has 0 saturated carbocycles. The zero-order chi connectivity index (χ0) is 26.4. The van der Waals surface area contributed by atoms with Gasteiger partial charge in [0.2, 0.25) is 5.91 Å². The van der Waals surface area contributed by atoms with Crippen molar-refractivity contribution in [1.29, 1.82) is 0 Å². The van der Waals surface area contributed by atoms with Crippen molar-refractivity contribution in [2.45, 2.75) is 38.3 Å². The second kappa shape index (κ2) is 14.5. The van der Waals surface area contributed by atoms with Crippen LogP contribution in [-0.4, -0.2) is 59.9 Å². The largest absolute Gasteiger partial charge is 0.497 e. The van der Waals surface area contributed by atoms with Gasteiger partial charge in [0.15, 0.2) is 0 Å². The number of carbonyl (C=O) groups excluding carboxylic acids is 2. The minimum Gasteiger partial charge on any atom is -0.497 e. The number of benzene rings is 2. The lowest BCUT2D eigenvalue weighted by Gasteiger charge is -2.38. The van der Waals surface area contributed by atoms with E-state index in [0.29, 0.717) is 18.1 Å². The van der Waals surface area contributed by atoms with Gasteiger partial charge in [-0.2, -0.15) is 0 Å². The number of rotatable bonds is 9. The highest BCUT2D eigenvalue weighted by Gasteiger charge is 2.47. The van der Waals surface area contributed by atoms with Gasteiger partial charge < -0.3 is 19.9 Å². The Labute approximate surface area is 249 Å². The molecule has 2 aromatic carbocycles. The second-order valence-electron chi connectivity index (χ2n) is 10.4. The quantitative estimate of drug-likeness (QED) is 0.369. The third-order valence-corrected chi connectivity index (χ3v) is 8.09. The molecule has 9 heteroatoms. The molecule has 3 heterocycles. The normalized spacial score (nSPS) is 17.0. The number of nitrogens with zero attached hydrogens (tertiary/aromatic N) is 3. The Morgan fingerprint density at radius 3 is 2.27 bits per heavy atom. The van der Waals surface area contributed by atoms with Crippen molar-refractivity contribution in [1.82, 2.24) is 20.1 Å². The third-order valence-electron chi connectivity index (χ3n) is 8.09. The molecule has 2 aliphatic heterocycles. The van der Waals surface area contributed by atoms with Gasteiger partial charge >= 0.3 is 0 Å². The number of halogens is 2. The van der Waals surface area contributed by atoms with Gasteiger partial charge in [0.05, 0.1) is 18.6 Å². The molecule has 5 rings (SSSR count). The minimum absolute atomic E-state index is 0. The molecule has 2 fully saturated rings. The van der Waals surface area contributed by atoms with Crippen LogP contribution in [0.2, 0.25) is 0 Å². The highest BCUT2D eigenvalue weighted by Crippen LogP contribution is 2.42. The van der Waals surface area contributed by atoms with Crippen molar-refractivity contribution in [3.8, 4) is 5.75 Å². The van der Waals surface area contributed by atoms with Crippen LogP contribution in [0, 0.1) is 5.41 Å².